The van der Waals surface area contributed by atoms with Crippen molar-refractivity contribution in [3.05, 3.63) is 40.2 Å². The van der Waals surface area contributed by atoms with Crippen LogP contribution in [0.5, 0.6) is 5.75 Å². The Balaban J connectivity index is 2.34. The van der Waals surface area contributed by atoms with Crippen LogP contribution in [-0.2, 0) is 6.54 Å². The molecule has 1 heterocycles. The van der Waals surface area contributed by atoms with Crippen molar-refractivity contribution in [2.75, 3.05) is 0 Å². The van der Waals surface area contributed by atoms with Crippen LogP contribution in [0.1, 0.15) is 55.8 Å². The van der Waals surface area contributed by atoms with Gasteiger partial charge in [-0.2, -0.15) is 0 Å². The molecule has 0 unspecified atom stereocenters. The average molecular weight is 331 g/mol. The molecule has 0 fully saturated rings. The predicted molar refractivity (Wildman–Crippen MR) is 94.9 cm³/mol. The van der Waals surface area contributed by atoms with E-state index in [9.17, 15) is 14.7 Å². The van der Waals surface area contributed by atoms with Crippen LogP contribution in [-0.4, -0.2) is 15.6 Å². The minimum atomic E-state index is -0.778. The van der Waals surface area contributed by atoms with Crippen molar-refractivity contribution >= 4 is 16.8 Å². The number of unbranched alkanes of at least 4 members (excludes halogenated alkanes) is 5. The van der Waals surface area contributed by atoms with Gasteiger partial charge in [0.15, 0.2) is 0 Å². The standard InChI is InChI=1S/C18H25N3O3/c1-2-3-4-5-6-9-12-21-14-11-8-7-10-13(14)16(22)15(18(21)24)17(23)20-19/h7-8,10-11,22H,2-6,9,12,19H2,1H3,(H,20,23). The molecule has 0 atom stereocenters. The maximum Gasteiger partial charge on any atom is 0.274 e. The first-order chi connectivity index (χ1) is 11.6. The predicted octanol–water partition coefficient (Wildman–Crippen LogP) is 2.67. The van der Waals surface area contributed by atoms with Crippen LogP contribution >= 0.6 is 0 Å². The zero-order chi connectivity index (χ0) is 17.5. The number of hydrazine groups is 1. The van der Waals surface area contributed by atoms with Crippen molar-refractivity contribution in [3.8, 4) is 5.75 Å². The largest absolute Gasteiger partial charge is 0.506 e. The number of pyridine rings is 1. The van der Waals surface area contributed by atoms with Crippen LogP contribution in [0.3, 0.4) is 0 Å². The molecule has 0 spiro atoms. The van der Waals surface area contributed by atoms with Crippen molar-refractivity contribution < 1.29 is 9.90 Å². The van der Waals surface area contributed by atoms with Gasteiger partial charge in [0, 0.05) is 11.9 Å². The molecule has 0 aliphatic carbocycles. The number of nitrogens with zero attached hydrogens (tertiary/aromatic N) is 1. The SMILES string of the molecule is CCCCCCCCn1c(=O)c(C(=O)NN)c(O)c2ccccc21. The number of nitrogens with two attached hydrogens (primary N) is 1. The Hall–Kier alpha value is -2.34. The number of nitrogen functional groups attached to an aromatic ring is 1. The highest BCUT2D eigenvalue weighted by atomic mass is 16.3. The van der Waals surface area contributed by atoms with E-state index in [2.05, 4.69) is 6.92 Å². The molecule has 0 radical (unpaired) electrons. The van der Waals surface area contributed by atoms with Crippen LogP contribution in [0.2, 0.25) is 0 Å². The molecule has 1 aromatic heterocycles. The van der Waals surface area contributed by atoms with E-state index in [1.165, 1.54) is 19.3 Å². The van der Waals surface area contributed by atoms with Gasteiger partial charge in [-0.1, -0.05) is 51.2 Å². The molecule has 2 aromatic rings. The summed E-state index contributed by atoms with van der Waals surface area (Å²) in [6.07, 6.45) is 6.63. The van der Waals surface area contributed by atoms with Gasteiger partial charge >= 0.3 is 0 Å². The Labute approximate surface area is 141 Å². The summed E-state index contributed by atoms with van der Waals surface area (Å²) >= 11 is 0. The minimum absolute atomic E-state index is 0.304. The summed E-state index contributed by atoms with van der Waals surface area (Å²) in [4.78, 5) is 24.5. The highest BCUT2D eigenvalue weighted by Crippen LogP contribution is 2.26. The van der Waals surface area contributed by atoms with Crippen LogP contribution in [0.25, 0.3) is 10.9 Å². The number of aromatic nitrogens is 1. The topological polar surface area (TPSA) is 97.4 Å². The van der Waals surface area contributed by atoms with E-state index in [1.807, 2.05) is 11.5 Å². The molecule has 0 aliphatic heterocycles. The first-order valence-electron chi connectivity index (χ1n) is 8.47. The van der Waals surface area contributed by atoms with Gasteiger partial charge in [0.1, 0.15) is 11.3 Å². The number of amides is 1. The molecule has 6 nitrogen and oxygen atoms in total. The molecule has 0 saturated carbocycles. The van der Waals surface area contributed by atoms with Crippen LogP contribution in [0.4, 0.5) is 0 Å². The number of rotatable bonds is 8. The number of hydrogen-bond acceptors (Lipinski definition) is 4. The van der Waals surface area contributed by atoms with Crippen molar-refractivity contribution in [1.82, 2.24) is 9.99 Å². The Bertz CT molecular complexity index is 768. The molecule has 0 saturated heterocycles. The first kappa shape index (κ1) is 18.0. The molecular weight excluding hydrogens is 306 g/mol. The summed E-state index contributed by atoms with van der Waals surface area (Å²) in [5.74, 6) is 4.05. The molecule has 130 valence electrons. The maximum absolute atomic E-state index is 12.7. The fourth-order valence-corrected chi connectivity index (χ4v) is 2.94. The number of aromatic hydroxyl groups is 1. The van der Waals surface area contributed by atoms with Gasteiger partial charge in [-0.15, -0.1) is 0 Å². The summed E-state index contributed by atoms with van der Waals surface area (Å²) in [7, 11) is 0. The lowest BCUT2D eigenvalue weighted by atomic mass is 10.1. The molecular formula is C18H25N3O3. The second kappa shape index (κ2) is 8.49. The number of aryl methyl sites for hydroxylation is 1. The maximum atomic E-state index is 12.7. The number of hydrogen-bond donors (Lipinski definition) is 3. The summed E-state index contributed by atoms with van der Waals surface area (Å²) in [6.45, 7) is 2.68. The lowest BCUT2D eigenvalue weighted by Gasteiger charge is -2.14. The Morgan fingerprint density at radius 3 is 2.54 bits per heavy atom. The highest BCUT2D eigenvalue weighted by Gasteiger charge is 2.21. The number of carbonyl (C=O) groups is 1. The Morgan fingerprint density at radius 2 is 1.83 bits per heavy atom. The van der Waals surface area contributed by atoms with Crippen LogP contribution in [0.15, 0.2) is 29.1 Å². The van der Waals surface area contributed by atoms with E-state index >= 15 is 0 Å². The van der Waals surface area contributed by atoms with Crippen LogP contribution < -0.4 is 16.8 Å². The molecule has 2 rings (SSSR count). The van der Waals surface area contributed by atoms with Gasteiger partial charge in [0.2, 0.25) is 0 Å². The van der Waals surface area contributed by atoms with E-state index in [-0.39, 0.29) is 11.3 Å². The third-order valence-electron chi connectivity index (χ3n) is 4.24. The normalized spacial score (nSPS) is 10.9. The van der Waals surface area contributed by atoms with Gasteiger partial charge < -0.3 is 9.67 Å². The van der Waals surface area contributed by atoms with E-state index < -0.39 is 11.5 Å². The number of para-hydroxylation sites is 1. The lowest BCUT2D eigenvalue weighted by Crippen LogP contribution is -2.37. The van der Waals surface area contributed by atoms with Crippen molar-refractivity contribution in [2.45, 2.75) is 52.0 Å². The minimum Gasteiger partial charge on any atom is -0.506 e. The second-order valence-corrected chi connectivity index (χ2v) is 5.94. The smallest absolute Gasteiger partial charge is 0.274 e. The molecule has 24 heavy (non-hydrogen) atoms. The lowest BCUT2D eigenvalue weighted by molar-refractivity contribution is 0.0949. The molecule has 6 heteroatoms. The summed E-state index contributed by atoms with van der Waals surface area (Å²) < 4.78 is 1.56. The molecule has 1 aromatic carbocycles. The molecule has 4 N–H and O–H groups in total. The summed E-state index contributed by atoms with van der Waals surface area (Å²) in [6, 6.07) is 7.03. The van der Waals surface area contributed by atoms with E-state index in [4.69, 9.17) is 5.84 Å². The second-order valence-electron chi connectivity index (χ2n) is 5.94. The Kier molecular flexibility index (Phi) is 6.37. The third-order valence-corrected chi connectivity index (χ3v) is 4.24. The van der Waals surface area contributed by atoms with Crippen LogP contribution in [0, 0.1) is 0 Å². The number of carbonyl (C=O) groups excluding carboxylic acids is 1. The number of fused-ring (bicyclic) bond motifs is 1. The van der Waals surface area contributed by atoms with Gasteiger partial charge in [-0.25, -0.2) is 5.84 Å². The van der Waals surface area contributed by atoms with E-state index in [0.29, 0.717) is 17.4 Å². The molecule has 0 bridgehead atoms. The number of benzene rings is 1. The quantitative estimate of drug-likeness (QED) is 0.300. The average Bonchev–Trinajstić information content (AvgIpc) is 2.60. The fraction of sp³-hybridized carbons (Fsp3) is 0.444. The third kappa shape index (κ3) is 3.76. The van der Waals surface area contributed by atoms with Crippen molar-refractivity contribution in [3.63, 3.8) is 0 Å². The number of nitrogens with one attached hydrogen (secondary N) is 1. The summed E-state index contributed by atoms with van der Waals surface area (Å²) in [5, 5.41) is 10.8. The Morgan fingerprint density at radius 1 is 1.17 bits per heavy atom. The van der Waals surface area contributed by atoms with Gasteiger partial charge in [-0.05, 0) is 18.6 Å². The summed E-state index contributed by atoms with van der Waals surface area (Å²) in [5.41, 5.74) is 1.75. The molecule has 0 aliphatic rings. The molecule has 1 amide bonds. The van der Waals surface area contributed by atoms with Crippen molar-refractivity contribution in [2.24, 2.45) is 5.84 Å². The van der Waals surface area contributed by atoms with E-state index in [1.54, 1.807) is 22.8 Å². The van der Waals surface area contributed by atoms with Gasteiger partial charge in [0.25, 0.3) is 11.5 Å². The first-order valence-corrected chi connectivity index (χ1v) is 8.47. The fourth-order valence-electron chi connectivity index (χ4n) is 2.94. The monoisotopic (exact) mass is 331 g/mol. The van der Waals surface area contributed by atoms with E-state index in [0.717, 1.165) is 19.3 Å². The van der Waals surface area contributed by atoms with Crippen molar-refractivity contribution in [1.29, 1.82) is 0 Å². The highest BCUT2D eigenvalue weighted by molar-refractivity contribution is 6.02. The zero-order valence-electron chi connectivity index (χ0n) is 14.0. The van der Waals surface area contributed by atoms with Gasteiger partial charge in [0.05, 0.1) is 5.52 Å². The zero-order valence-corrected chi connectivity index (χ0v) is 14.0. The van der Waals surface area contributed by atoms with Gasteiger partial charge in [-0.3, -0.25) is 15.0 Å².